The lowest BCUT2D eigenvalue weighted by atomic mass is 10.2. The van der Waals surface area contributed by atoms with Gasteiger partial charge in [0.05, 0.1) is 16.7 Å². The zero-order valence-corrected chi connectivity index (χ0v) is 12.1. The number of nitrogens with two attached hydrogens (primary N) is 1. The summed E-state index contributed by atoms with van der Waals surface area (Å²) < 4.78 is 14.2. The molecule has 0 fully saturated rings. The maximum Gasteiger partial charge on any atom is 0.272 e. The van der Waals surface area contributed by atoms with Gasteiger partial charge in [0, 0.05) is 21.8 Å². The molecule has 6 nitrogen and oxygen atoms in total. The maximum absolute atomic E-state index is 13.7. The Morgan fingerprint density at radius 3 is 2.57 bits per heavy atom. The Balaban J connectivity index is 2.23. The van der Waals surface area contributed by atoms with Crippen molar-refractivity contribution in [3.05, 3.63) is 62.4 Å². The molecule has 0 radical (unpaired) electrons. The Hall–Kier alpha value is -2.48. The molecule has 2 rings (SSSR count). The fraction of sp³-hybridized carbons (Fsp3) is 0. The molecule has 2 aromatic rings. The number of nitro benzene ring substituents is 1. The number of nitrogen functional groups attached to an aromatic ring is 1. The third kappa shape index (κ3) is 3.34. The van der Waals surface area contributed by atoms with Gasteiger partial charge in [0.15, 0.2) is 5.82 Å². The largest absolute Gasteiger partial charge is 0.398 e. The third-order valence-corrected chi connectivity index (χ3v) is 3.36. The monoisotopic (exact) mass is 353 g/mol. The van der Waals surface area contributed by atoms with E-state index in [0.29, 0.717) is 10.2 Å². The quantitative estimate of drug-likeness (QED) is 0.502. The van der Waals surface area contributed by atoms with Gasteiger partial charge >= 0.3 is 0 Å². The highest BCUT2D eigenvalue weighted by Gasteiger charge is 2.14. The standard InChI is InChI=1S/C13H9BrFN3O3/c14-9-5-7(1-3-11(9)16)13(19)17-12-4-2-8(18(20)21)6-10(12)15/h1-6H,16H2,(H,17,19). The van der Waals surface area contributed by atoms with E-state index in [9.17, 15) is 19.3 Å². The van der Waals surface area contributed by atoms with Crippen molar-refractivity contribution in [2.24, 2.45) is 0 Å². The summed E-state index contributed by atoms with van der Waals surface area (Å²) in [5.41, 5.74) is 5.82. The molecule has 21 heavy (non-hydrogen) atoms. The molecular formula is C13H9BrFN3O3. The van der Waals surface area contributed by atoms with E-state index in [1.807, 2.05) is 0 Å². The van der Waals surface area contributed by atoms with Gasteiger partial charge in [-0.25, -0.2) is 4.39 Å². The van der Waals surface area contributed by atoms with Gasteiger partial charge in [-0.1, -0.05) is 0 Å². The van der Waals surface area contributed by atoms with Crippen molar-refractivity contribution in [2.45, 2.75) is 0 Å². The fourth-order valence-electron chi connectivity index (χ4n) is 1.58. The Morgan fingerprint density at radius 2 is 2.00 bits per heavy atom. The Kier molecular flexibility index (Phi) is 4.18. The second kappa shape index (κ2) is 5.88. The molecule has 0 unspecified atom stereocenters. The van der Waals surface area contributed by atoms with Crippen LogP contribution in [0.15, 0.2) is 40.9 Å². The minimum atomic E-state index is -0.882. The fourth-order valence-corrected chi connectivity index (χ4v) is 1.96. The number of hydrogen-bond acceptors (Lipinski definition) is 4. The normalized spacial score (nSPS) is 10.2. The maximum atomic E-state index is 13.7. The van der Waals surface area contributed by atoms with E-state index in [-0.39, 0.29) is 16.9 Å². The summed E-state index contributed by atoms with van der Waals surface area (Å²) in [6.07, 6.45) is 0. The molecule has 0 bridgehead atoms. The highest BCUT2D eigenvalue weighted by molar-refractivity contribution is 9.10. The van der Waals surface area contributed by atoms with Crippen LogP contribution in [0.1, 0.15) is 10.4 Å². The van der Waals surface area contributed by atoms with Gasteiger partial charge in [0.25, 0.3) is 11.6 Å². The molecule has 108 valence electrons. The molecule has 0 saturated heterocycles. The van der Waals surface area contributed by atoms with Crippen molar-refractivity contribution < 1.29 is 14.1 Å². The number of nitrogens with zero attached hydrogens (tertiary/aromatic N) is 1. The minimum absolute atomic E-state index is 0.140. The molecule has 2 aromatic carbocycles. The lowest BCUT2D eigenvalue weighted by molar-refractivity contribution is -0.385. The van der Waals surface area contributed by atoms with E-state index < -0.39 is 16.6 Å². The van der Waals surface area contributed by atoms with Crippen LogP contribution in [-0.2, 0) is 0 Å². The molecule has 1 amide bonds. The summed E-state index contributed by atoms with van der Waals surface area (Å²) in [5, 5.41) is 12.9. The van der Waals surface area contributed by atoms with Gasteiger partial charge in [0.2, 0.25) is 0 Å². The number of hydrogen-bond donors (Lipinski definition) is 2. The average Bonchev–Trinajstić information content (AvgIpc) is 2.43. The summed E-state index contributed by atoms with van der Waals surface area (Å²) >= 11 is 3.19. The van der Waals surface area contributed by atoms with Crippen LogP contribution in [0.5, 0.6) is 0 Å². The Morgan fingerprint density at radius 1 is 1.29 bits per heavy atom. The number of non-ortho nitro benzene ring substituents is 1. The predicted molar refractivity (Wildman–Crippen MR) is 79.6 cm³/mol. The van der Waals surface area contributed by atoms with Crippen molar-refractivity contribution in [1.82, 2.24) is 0 Å². The van der Waals surface area contributed by atoms with Crippen LogP contribution in [0.3, 0.4) is 0 Å². The van der Waals surface area contributed by atoms with Crippen molar-refractivity contribution in [3.8, 4) is 0 Å². The first kappa shape index (κ1) is 14.9. The number of benzene rings is 2. The SMILES string of the molecule is Nc1ccc(C(=O)Nc2ccc([N+](=O)[O-])cc2F)cc1Br. The second-order valence-corrected chi connectivity index (χ2v) is 4.97. The van der Waals surface area contributed by atoms with Gasteiger partial charge in [0.1, 0.15) is 0 Å². The number of rotatable bonds is 3. The van der Waals surface area contributed by atoms with Crippen LogP contribution in [0.4, 0.5) is 21.5 Å². The molecule has 8 heteroatoms. The molecule has 0 aliphatic heterocycles. The van der Waals surface area contributed by atoms with E-state index in [1.165, 1.54) is 18.2 Å². The van der Waals surface area contributed by atoms with E-state index in [0.717, 1.165) is 18.2 Å². The zero-order valence-electron chi connectivity index (χ0n) is 10.5. The van der Waals surface area contributed by atoms with Crippen molar-refractivity contribution in [2.75, 3.05) is 11.1 Å². The number of nitro groups is 1. The van der Waals surface area contributed by atoms with E-state index in [1.54, 1.807) is 0 Å². The Labute approximate surface area is 127 Å². The summed E-state index contributed by atoms with van der Waals surface area (Å²) in [7, 11) is 0. The van der Waals surface area contributed by atoms with Crippen molar-refractivity contribution in [1.29, 1.82) is 0 Å². The second-order valence-electron chi connectivity index (χ2n) is 4.11. The number of halogens is 2. The van der Waals surface area contributed by atoms with Gasteiger partial charge < -0.3 is 11.1 Å². The molecule has 0 atom stereocenters. The number of carbonyl (C=O) groups excluding carboxylic acids is 1. The number of amides is 1. The minimum Gasteiger partial charge on any atom is -0.398 e. The van der Waals surface area contributed by atoms with Gasteiger partial charge in [-0.05, 0) is 40.2 Å². The molecule has 0 aliphatic rings. The van der Waals surface area contributed by atoms with Crippen LogP contribution in [0.2, 0.25) is 0 Å². The zero-order chi connectivity index (χ0) is 15.6. The van der Waals surface area contributed by atoms with Crippen LogP contribution in [0.25, 0.3) is 0 Å². The summed E-state index contributed by atoms with van der Waals surface area (Å²) in [4.78, 5) is 21.8. The lowest BCUT2D eigenvalue weighted by Gasteiger charge is -2.07. The lowest BCUT2D eigenvalue weighted by Crippen LogP contribution is -2.13. The number of carbonyl (C=O) groups is 1. The predicted octanol–water partition coefficient (Wildman–Crippen LogP) is 3.33. The molecule has 0 saturated carbocycles. The molecule has 3 N–H and O–H groups in total. The summed E-state index contributed by atoms with van der Waals surface area (Å²) in [6.45, 7) is 0. The Bertz CT molecular complexity index is 737. The van der Waals surface area contributed by atoms with Crippen molar-refractivity contribution in [3.63, 3.8) is 0 Å². The highest BCUT2D eigenvalue weighted by Crippen LogP contribution is 2.23. The van der Waals surface area contributed by atoms with E-state index in [4.69, 9.17) is 5.73 Å². The molecule has 0 aromatic heterocycles. The van der Waals surface area contributed by atoms with E-state index >= 15 is 0 Å². The highest BCUT2D eigenvalue weighted by atomic mass is 79.9. The number of nitrogens with one attached hydrogen (secondary N) is 1. The van der Waals surface area contributed by atoms with Crippen LogP contribution in [0, 0.1) is 15.9 Å². The van der Waals surface area contributed by atoms with E-state index in [2.05, 4.69) is 21.2 Å². The molecule has 0 aliphatic carbocycles. The van der Waals surface area contributed by atoms with Gasteiger partial charge in [-0.2, -0.15) is 0 Å². The van der Waals surface area contributed by atoms with Crippen LogP contribution >= 0.6 is 15.9 Å². The molecule has 0 heterocycles. The summed E-state index contributed by atoms with van der Waals surface area (Å²) in [6, 6.07) is 7.50. The topological polar surface area (TPSA) is 98.3 Å². The first-order valence-electron chi connectivity index (χ1n) is 5.69. The molecular weight excluding hydrogens is 345 g/mol. The van der Waals surface area contributed by atoms with Gasteiger partial charge in [-0.3, -0.25) is 14.9 Å². The van der Waals surface area contributed by atoms with Crippen LogP contribution in [-0.4, -0.2) is 10.8 Å². The van der Waals surface area contributed by atoms with Crippen LogP contribution < -0.4 is 11.1 Å². The number of anilines is 2. The first-order chi connectivity index (χ1) is 9.88. The molecule has 0 spiro atoms. The third-order valence-electron chi connectivity index (χ3n) is 2.67. The average molecular weight is 354 g/mol. The van der Waals surface area contributed by atoms with Crippen molar-refractivity contribution >= 4 is 38.9 Å². The smallest absolute Gasteiger partial charge is 0.272 e. The summed E-state index contributed by atoms with van der Waals surface area (Å²) in [5.74, 6) is -1.43. The van der Waals surface area contributed by atoms with Gasteiger partial charge in [-0.15, -0.1) is 0 Å². The first-order valence-corrected chi connectivity index (χ1v) is 6.48.